The van der Waals surface area contributed by atoms with Crippen molar-refractivity contribution >= 4 is 29.7 Å². The van der Waals surface area contributed by atoms with Gasteiger partial charge in [0.15, 0.2) is 0 Å². The van der Waals surface area contributed by atoms with Gasteiger partial charge in [0, 0.05) is 44.8 Å². The molecule has 2 rings (SSSR count). The van der Waals surface area contributed by atoms with E-state index in [4.69, 9.17) is 20.3 Å². The summed E-state index contributed by atoms with van der Waals surface area (Å²) >= 11 is 0. The summed E-state index contributed by atoms with van der Waals surface area (Å²) in [6.45, 7) is 12.3. The predicted molar refractivity (Wildman–Crippen MR) is 169 cm³/mol. The van der Waals surface area contributed by atoms with Crippen LogP contribution in [0.5, 0.6) is 0 Å². The number of hydrogen-bond acceptors (Lipinski definition) is 9. The number of esters is 2. The molecule has 0 aromatic carbocycles. The summed E-state index contributed by atoms with van der Waals surface area (Å²) in [7, 11) is 0. The zero-order chi connectivity index (χ0) is 32.9. The molecule has 44 heavy (non-hydrogen) atoms. The van der Waals surface area contributed by atoms with Crippen LogP contribution < -0.4 is 11.1 Å². The Hall–Kier alpha value is -2.53. The summed E-state index contributed by atoms with van der Waals surface area (Å²) in [4.78, 5) is 57.3. The molecule has 2 aliphatic carbocycles. The van der Waals surface area contributed by atoms with E-state index in [0.29, 0.717) is 51.1 Å². The van der Waals surface area contributed by atoms with Gasteiger partial charge >= 0.3 is 23.9 Å². The van der Waals surface area contributed by atoms with Gasteiger partial charge in [-0.1, -0.05) is 7.43 Å². The molecule has 11 heteroatoms. The lowest BCUT2D eigenvalue weighted by molar-refractivity contribution is -0.157. The maximum absolute atomic E-state index is 11.9. The number of ether oxygens (including phenoxy) is 2. The molecule has 2 saturated carbocycles. The molecule has 0 bridgehead atoms. The minimum Gasteiger partial charge on any atom is -0.481 e. The van der Waals surface area contributed by atoms with Crippen molar-refractivity contribution in [1.29, 1.82) is 0 Å². The number of nitrogens with two attached hydrogens (primary N) is 1. The van der Waals surface area contributed by atoms with E-state index in [0.717, 1.165) is 32.2 Å². The fourth-order valence-corrected chi connectivity index (χ4v) is 5.97. The Morgan fingerprint density at radius 1 is 0.795 bits per heavy atom. The van der Waals surface area contributed by atoms with Crippen molar-refractivity contribution in [3.8, 4) is 0 Å². The van der Waals surface area contributed by atoms with Crippen molar-refractivity contribution in [3.05, 3.63) is 0 Å². The molecule has 5 N–H and O–H groups in total. The van der Waals surface area contributed by atoms with Gasteiger partial charge in [0.2, 0.25) is 0 Å². The molecule has 11 nitrogen and oxygen atoms in total. The molecule has 0 atom stereocenters. The molecule has 256 valence electrons. The average molecular weight is 629 g/mol. The van der Waals surface area contributed by atoms with E-state index in [-0.39, 0.29) is 56.2 Å². The largest absolute Gasteiger partial charge is 0.481 e. The van der Waals surface area contributed by atoms with E-state index in [1.807, 2.05) is 20.8 Å². The van der Waals surface area contributed by atoms with Crippen LogP contribution in [0.25, 0.3) is 0 Å². The maximum Gasteiger partial charge on any atom is 0.306 e. The third kappa shape index (κ3) is 17.7. The van der Waals surface area contributed by atoms with Crippen molar-refractivity contribution in [3.63, 3.8) is 0 Å². The fourth-order valence-electron chi connectivity index (χ4n) is 5.97. The third-order valence-corrected chi connectivity index (χ3v) is 8.10. The van der Waals surface area contributed by atoms with Crippen molar-refractivity contribution in [2.45, 2.75) is 156 Å². The molecule has 0 aromatic rings. The van der Waals surface area contributed by atoms with Crippen LogP contribution in [0.15, 0.2) is 0 Å². The number of hydrogen-bond donors (Lipinski definition) is 4. The first-order chi connectivity index (χ1) is 19.8. The maximum atomic E-state index is 11.9. The molecule has 0 unspecified atom stereocenters. The molecule has 2 aliphatic rings. The second-order valence-corrected chi connectivity index (χ2v) is 14.4. The van der Waals surface area contributed by atoms with Crippen LogP contribution in [0.3, 0.4) is 0 Å². The number of aliphatic carboxylic acids is 2. The normalized spacial score (nSPS) is 21.6. The zero-order valence-corrected chi connectivity index (χ0v) is 27.2. The Kier molecular flexibility index (Phi) is 17.4. The van der Waals surface area contributed by atoms with Crippen LogP contribution in [0, 0.1) is 10.8 Å². The lowest BCUT2D eigenvalue weighted by atomic mass is 9.68. The molecule has 0 aromatic heterocycles. The molecule has 0 heterocycles. The standard InChI is InChI=1S/C17H32N2O4.C15H24O5.CH4/c1-16(2,3)23-15(22)6-9-17(12-14(20)21)7-4-13(5-8-17)19-11-10-18;1-14(2,3)20-13(19)6-9-15(10-12(17)18)7-4-11(16)5-8-15;/h13,19H,4-12,18H2,1-3H3,(H,20,21);4-10H2,1-3H3,(H,17,18);1H4. The minimum absolute atomic E-state index is 0. The number of ketones is 1. The number of Topliss-reactive ketones (excluding diaryl/α,β-unsaturated/α-hetero) is 1. The Bertz CT molecular complexity index is 932. The summed E-state index contributed by atoms with van der Waals surface area (Å²) in [6, 6.07) is 0.405. The average Bonchev–Trinajstić information content (AvgIpc) is 2.86. The van der Waals surface area contributed by atoms with Gasteiger partial charge in [-0.25, -0.2) is 0 Å². The Labute approximate surface area is 264 Å². The summed E-state index contributed by atoms with van der Waals surface area (Å²) in [5, 5.41) is 21.7. The summed E-state index contributed by atoms with van der Waals surface area (Å²) < 4.78 is 10.6. The van der Waals surface area contributed by atoms with Gasteiger partial charge in [0.25, 0.3) is 0 Å². The van der Waals surface area contributed by atoms with Gasteiger partial charge in [-0.15, -0.1) is 0 Å². The predicted octanol–water partition coefficient (Wildman–Crippen LogP) is 5.41. The first-order valence-corrected chi connectivity index (χ1v) is 15.6. The third-order valence-electron chi connectivity index (χ3n) is 8.10. The second-order valence-electron chi connectivity index (χ2n) is 14.4. The molecule has 0 spiro atoms. The minimum atomic E-state index is -0.872. The molecule has 0 aliphatic heterocycles. The number of carboxylic acids is 2. The summed E-state index contributed by atoms with van der Waals surface area (Å²) in [6.07, 6.45) is 7.15. The number of rotatable bonds is 13. The topological polar surface area (TPSA) is 182 Å². The van der Waals surface area contributed by atoms with E-state index in [2.05, 4.69) is 5.32 Å². The second kappa shape index (κ2) is 18.4. The lowest BCUT2D eigenvalue weighted by Crippen LogP contribution is -2.40. The fraction of sp³-hybridized carbons (Fsp3) is 0.848. The molecular formula is C33H60N2O9. The molecule has 0 amide bonds. The van der Waals surface area contributed by atoms with Crippen LogP contribution in [0.1, 0.15) is 139 Å². The van der Waals surface area contributed by atoms with Crippen LogP contribution in [0.4, 0.5) is 0 Å². The van der Waals surface area contributed by atoms with Crippen LogP contribution in [-0.4, -0.2) is 70.2 Å². The Balaban J connectivity index is 0.000000829. The van der Waals surface area contributed by atoms with Crippen molar-refractivity contribution in [2.24, 2.45) is 16.6 Å². The Morgan fingerprint density at radius 2 is 1.18 bits per heavy atom. The summed E-state index contributed by atoms with van der Waals surface area (Å²) in [5.41, 5.74) is 3.76. The van der Waals surface area contributed by atoms with Crippen molar-refractivity contribution in [2.75, 3.05) is 13.1 Å². The van der Waals surface area contributed by atoms with E-state index < -0.39 is 28.6 Å². The number of carbonyl (C=O) groups excluding carboxylic acids is 3. The molecule has 0 saturated heterocycles. The van der Waals surface area contributed by atoms with Crippen LogP contribution in [-0.2, 0) is 33.4 Å². The highest BCUT2D eigenvalue weighted by Gasteiger charge is 2.38. The number of nitrogens with one attached hydrogen (secondary N) is 1. The number of carboxylic acid groups (broad SMARTS) is 2. The first-order valence-electron chi connectivity index (χ1n) is 15.6. The van der Waals surface area contributed by atoms with Gasteiger partial charge in [-0.05, 0) is 104 Å². The zero-order valence-electron chi connectivity index (χ0n) is 27.2. The SMILES string of the molecule is C.CC(C)(C)OC(=O)CCC1(CC(=O)O)CCC(=O)CC1.CC(C)(C)OC(=O)CCC1(CC(=O)O)CCC(NCCN)CC1. The highest BCUT2D eigenvalue weighted by Crippen LogP contribution is 2.44. The smallest absolute Gasteiger partial charge is 0.306 e. The van der Waals surface area contributed by atoms with E-state index in [9.17, 15) is 29.1 Å². The lowest BCUT2D eigenvalue weighted by Gasteiger charge is -2.39. The van der Waals surface area contributed by atoms with Crippen molar-refractivity contribution in [1.82, 2.24) is 5.32 Å². The van der Waals surface area contributed by atoms with Crippen LogP contribution >= 0.6 is 0 Å². The van der Waals surface area contributed by atoms with Gasteiger partial charge in [-0.2, -0.15) is 0 Å². The molecule has 0 radical (unpaired) electrons. The molecular weight excluding hydrogens is 568 g/mol. The monoisotopic (exact) mass is 628 g/mol. The van der Waals surface area contributed by atoms with E-state index in [1.54, 1.807) is 20.8 Å². The molecule has 2 fully saturated rings. The highest BCUT2D eigenvalue weighted by molar-refractivity contribution is 5.80. The van der Waals surface area contributed by atoms with Gasteiger partial charge in [0.1, 0.15) is 17.0 Å². The van der Waals surface area contributed by atoms with Crippen molar-refractivity contribution < 1.29 is 43.7 Å². The highest BCUT2D eigenvalue weighted by atomic mass is 16.6. The van der Waals surface area contributed by atoms with Gasteiger partial charge < -0.3 is 30.7 Å². The summed E-state index contributed by atoms with van der Waals surface area (Å²) in [5.74, 6) is -2.03. The first kappa shape index (κ1) is 41.5. The Morgan fingerprint density at radius 3 is 1.52 bits per heavy atom. The van der Waals surface area contributed by atoms with E-state index in [1.165, 1.54) is 0 Å². The quantitative estimate of drug-likeness (QED) is 0.191. The van der Waals surface area contributed by atoms with E-state index >= 15 is 0 Å². The van der Waals surface area contributed by atoms with Gasteiger partial charge in [-0.3, -0.25) is 24.0 Å². The van der Waals surface area contributed by atoms with Gasteiger partial charge in [0.05, 0.1) is 12.8 Å². The van der Waals surface area contributed by atoms with Crippen LogP contribution in [0.2, 0.25) is 0 Å². The number of carbonyl (C=O) groups is 5.